The summed E-state index contributed by atoms with van der Waals surface area (Å²) < 4.78 is 11.2. The van der Waals surface area contributed by atoms with Crippen LogP contribution in [0.4, 0.5) is 0 Å². The van der Waals surface area contributed by atoms with Gasteiger partial charge in [0.25, 0.3) is 0 Å². The molecule has 2 aromatic rings. The first-order valence-electron chi connectivity index (χ1n) is 7.20. The van der Waals surface area contributed by atoms with Crippen LogP contribution in [0.15, 0.2) is 18.2 Å². The molecule has 0 amide bonds. The van der Waals surface area contributed by atoms with Crippen molar-refractivity contribution in [3.05, 3.63) is 23.9 Å². The van der Waals surface area contributed by atoms with Crippen LogP contribution in [-0.4, -0.2) is 42.9 Å². The van der Waals surface area contributed by atoms with E-state index in [1.165, 1.54) is 0 Å². The molecule has 0 atom stereocenters. The van der Waals surface area contributed by atoms with Crippen molar-refractivity contribution in [1.82, 2.24) is 10.3 Å². The average Bonchev–Trinajstić information content (AvgIpc) is 2.83. The molecule has 0 radical (unpaired) electrons. The molecular weight excluding hydrogens is 284 g/mol. The number of fused-ring (bicyclic) bond motifs is 1. The highest BCUT2D eigenvalue weighted by Crippen LogP contribution is 2.32. The molecule has 1 aromatic carbocycles. The van der Waals surface area contributed by atoms with Crippen LogP contribution in [0.1, 0.15) is 31.3 Å². The maximum absolute atomic E-state index is 11.0. The fourth-order valence-electron chi connectivity index (χ4n) is 1.91. The van der Waals surface area contributed by atoms with E-state index >= 15 is 0 Å². The molecule has 0 aliphatic carbocycles. The largest absolute Gasteiger partial charge is 0.493 e. The lowest BCUT2D eigenvalue weighted by Crippen LogP contribution is -2.05. The molecule has 0 aliphatic heterocycles. The van der Waals surface area contributed by atoms with Crippen LogP contribution in [-0.2, 0) is 0 Å². The number of aromatic nitrogens is 1. The highest BCUT2D eigenvalue weighted by molar-refractivity contribution is 5.96. The molecule has 6 heteroatoms. The zero-order valence-electron chi connectivity index (χ0n) is 13.7. The molecule has 0 saturated heterocycles. The van der Waals surface area contributed by atoms with Crippen LogP contribution in [0.5, 0.6) is 11.5 Å². The Hall–Kier alpha value is -2.21. The molecule has 0 saturated carbocycles. The van der Waals surface area contributed by atoms with Crippen molar-refractivity contribution < 1.29 is 19.4 Å². The molecule has 3 N–H and O–H groups in total. The zero-order chi connectivity index (χ0) is 16.7. The van der Waals surface area contributed by atoms with Crippen molar-refractivity contribution in [2.24, 2.45) is 0 Å². The maximum Gasteiger partial charge on any atom is 0.352 e. The van der Waals surface area contributed by atoms with Gasteiger partial charge in [0.2, 0.25) is 0 Å². The van der Waals surface area contributed by atoms with Gasteiger partial charge in [-0.3, -0.25) is 0 Å². The van der Waals surface area contributed by atoms with Crippen LogP contribution >= 0.6 is 0 Å². The zero-order valence-corrected chi connectivity index (χ0v) is 13.7. The van der Waals surface area contributed by atoms with E-state index in [1.54, 1.807) is 18.2 Å². The molecule has 0 spiro atoms. The Morgan fingerprint density at radius 1 is 1.32 bits per heavy atom. The molecule has 0 bridgehead atoms. The topological polar surface area (TPSA) is 83.6 Å². The van der Waals surface area contributed by atoms with E-state index in [1.807, 2.05) is 34.9 Å². The lowest BCUT2D eigenvalue weighted by molar-refractivity contribution is 0.0691. The van der Waals surface area contributed by atoms with E-state index < -0.39 is 5.97 Å². The van der Waals surface area contributed by atoms with E-state index in [9.17, 15) is 4.79 Å². The maximum atomic E-state index is 11.0. The van der Waals surface area contributed by atoms with Crippen molar-refractivity contribution in [2.45, 2.75) is 26.9 Å². The van der Waals surface area contributed by atoms with Gasteiger partial charge in [-0.2, -0.15) is 0 Å². The second-order valence-corrected chi connectivity index (χ2v) is 4.97. The number of carboxylic acid groups (broad SMARTS) is 1. The number of aromatic carboxylic acids is 1. The van der Waals surface area contributed by atoms with Crippen molar-refractivity contribution in [2.75, 3.05) is 20.7 Å². The van der Waals surface area contributed by atoms with Crippen LogP contribution in [0, 0.1) is 0 Å². The smallest absolute Gasteiger partial charge is 0.352 e. The van der Waals surface area contributed by atoms with Gasteiger partial charge in [0, 0.05) is 17.5 Å². The Morgan fingerprint density at radius 2 is 1.95 bits per heavy atom. The van der Waals surface area contributed by atoms with Gasteiger partial charge < -0.3 is 24.9 Å². The summed E-state index contributed by atoms with van der Waals surface area (Å²) in [5.74, 6) is 0.286. The minimum Gasteiger partial charge on any atom is -0.493 e. The number of rotatable bonds is 5. The normalized spacial score (nSPS) is 10.3. The third-order valence-corrected chi connectivity index (χ3v) is 2.58. The predicted molar refractivity (Wildman–Crippen MR) is 87.2 cm³/mol. The number of benzene rings is 1. The van der Waals surface area contributed by atoms with Gasteiger partial charge in [0.15, 0.2) is 0 Å². The molecule has 22 heavy (non-hydrogen) atoms. The third-order valence-electron chi connectivity index (χ3n) is 2.58. The predicted octanol–water partition coefficient (Wildman–Crippen LogP) is 2.89. The van der Waals surface area contributed by atoms with Gasteiger partial charge in [-0.05, 0) is 40.9 Å². The average molecular weight is 308 g/mol. The molecule has 0 fully saturated rings. The molecule has 6 nitrogen and oxygen atoms in total. The number of aromatic amines is 1. The first-order chi connectivity index (χ1) is 10.4. The highest BCUT2D eigenvalue weighted by Gasteiger charge is 2.13. The monoisotopic (exact) mass is 308 g/mol. The summed E-state index contributed by atoms with van der Waals surface area (Å²) >= 11 is 0. The number of H-pyrrole nitrogens is 1. The molecule has 1 aromatic heterocycles. The Morgan fingerprint density at radius 3 is 2.45 bits per heavy atom. The Kier molecular flexibility index (Phi) is 6.72. The number of hydrogen-bond acceptors (Lipinski definition) is 4. The molecule has 0 unspecified atom stereocenters. The SMILES string of the molecule is CCOc1cc(OC(C)C)cc2[nH]c(C(=O)O)cc12.CNC. The summed E-state index contributed by atoms with van der Waals surface area (Å²) in [6.07, 6.45) is 0.0424. The van der Waals surface area contributed by atoms with Gasteiger partial charge >= 0.3 is 5.97 Å². The van der Waals surface area contributed by atoms with Gasteiger partial charge in [0.1, 0.15) is 17.2 Å². The van der Waals surface area contributed by atoms with Gasteiger partial charge in [-0.25, -0.2) is 4.79 Å². The summed E-state index contributed by atoms with van der Waals surface area (Å²) in [5, 5.41) is 12.5. The van der Waals surface area contributed by atoms with Gasteiger partial charge in [0.05, 0.1) is 18.2 Å². The molecule has 0 aliphatic rings. The first kappa shape index (κ1) is 17.8. The first-order valence-corrected chi connectivity index (χ1v) is 7.20. The molecule has 122 valence electrons. The number of carboxylic acids is 1. The second-order valence-electron chi connectivity index (χ2n) is 4.97. The molecule has 2 rings (SSSR count). The third kappa shape index (κ3) is 4.66. The van der Waals surface area contributed by atoms with E-state index in [0.29, 0.717) is 23.6 Å². The van der Waals surface area contributed by atoms with Crippen molar-refractivity contribution in [3.63, 3.8) is 0 Å². The fraction of sp³-hybridized carbons (Fsp3) is 0.438. The standard InChI is InChI=1S/C14H17NO4.C2H7N/c1-4-18-13-6-9(19-8(2)3)5-11-10(13)7-12(15-11)14(16)17;1-3-2/h5-8,15H,4H2,1-3H3,(H,16,17);3H,1-2H3. The number of ether oxygens (including phenoxy) is 2. The van der Waals surface area contributed by atoms with E-state index in [-0.39, 0.29) is 11.8 Å². The van der Waals surface area contributed by atoms with Crippen LogP contribution in [0.25, 0.3) is 10.9 Å². The van der Waals surface area contributed by atoms with Crippen molar-refractivity contribution >= 4 is 16.9 Å². The van der Waals surface area contributed by atoms with E-state index in [4.69, 9.17) is 14.6 Å². The van der Waals surface area contributed by atoms with Crippen molar-refractivity contribution in [3.8, 4) is 11.5 Å². The number of carbonyl (C=O) groups is 1. The Balaban J connectivity index is 0.000000745. The van der Waals surface area contributed by atoms with Crippen LogP contribution in [0.3, 0.4) is 0 Å². The van der Waals surface area contributed by atoms with E-state index in [2.05, 4.69) is 10.3 Å². The highest BCUT2D eigenvalue weighted by atomic mass is 16.5. The van der Waals surface area contributed by atoms with Crippen molar-refractivity contribution in [1.29, 1.82) is 0 Å². The van der Waals surface area contributed by atoms with Gasteiger partial charge in [-0.1, -0.05) is 0 Å². The lowest BCUT2D eigenvalue weighted by atomic mass is 10.2. The Bertz CT molecular complexity index is 620. The van der Waals surface area contributed by atoms with Crippen LogP contribution < -0.4 is 14.8 Å². The number of hydrogen-bond donors (Lipinski definition) is 3. The summed E-state index contributed by atoms with van der Waals surface area (Å²) in [4.78, 5) is 13.8. The summed E-state index contributed by atoms with van der Waals surface area (Å²) in [7, 11) is 3.75. The quantitative estimate of drug-likeness (QED) is 0.791. The van der Waals surface area contributed by atoms with Gasteiger partial charge in [-0.15, -0.1) is 0 Å². The summed E-state index contributed by atoms with van der Waals surface area (Å²) in [5.41, 5.74) is 0.830. The summed E-state index contributed by atoms with van der Waals surface area (Å²) in [6.45, 7) is 6.25. The second kappa shape index (κ2) is 8.29. The number of nitrogens with one attached hydrogen (secondary N) is 2. The minimum absolute atomic E-state index is 0.0424. The Labute approximate surface area is 130 Å². The van der Waals surface area contributed by atoms with Crippen LogP contribution in [0.2, 0.25) is 0 Å². The van der Waals surface area contributed by atoms with E-state index in [0.717, 1.165) is 5.39 Å². The lowest BCUT2D eigenvalue weighted by Gasteiger charge is -2.12. The fourth-order valence-corrected chi connectivity index (χ4v) is 1.91. The minimum atomic E-state index is -0.995. The molecular formula is C16H24N2O4. The molecule has 1 heterocycles. The summed E-state index contributed by atoms with van der Waals surface area (Å²) in [6, 6.07) is 5.14.